The third-order valence-corrected chi connectivity index (χ3v) is 2.34. The Labute approximate surface area is 77.9 Å². The number of hydrogen-bond acceptors (Lipinski definition) is 2. The third-order valence-electron chi connectivity index (χ3n) is 1.10. The SMILES string of the molecule is [O-]c1c(O)cc(Cl)c(Cl)c1Cl. The molecule has 0 fully saturated rings. The van der Waals surface area contributed by atoms with Crippen molar-refractivity contribution in [2.24, 2.45) is 0 Å². The van der Waals surface area contributed by atoms with E-state index in [4.69, 9.17) is 39.9 Å². The first-order valence-corrected chi connectivity index (χ1v) is 3.71. The van der Waals surface area contributed by atoms with Crippen LogP contribution in [0.2, 0.25) is 15.1 Å². The second kappa shape index (κ2) is 2.97. The smallest absolute Gasteiger partial charge is 0.110 e. The molecule has 0 spiro atoms. The summed E-state index contributed by atoms with van der Waals surface area (Å²) in [6, 6.07) is 1.05. The molecule has 0 unspecified atom stereocenters. The van der Waals surface area contributed by atoms with Crippen molar-refractivity contribution in [3.8, 4) is 11.5 Å². The number of aromatic hydroxyl groups is 1. The van der Waals surface area contributed by atoms with E-state index in [-0.39, 0.29) is 15.1 Å². The maximum Gasteiger partial charge on any atom is 0.110 e. The topological polar surface area (TPSA) is 43.3 Å². The van der Waals surface area contributed by atoms with Gasteiger partial charge in [-0.05, 0) is 11.8 Å². The van der Waals surface area contributed by atoms with Gasteiger partial charge in [0.1, 0.15) is 5.75 Å². The zero-order valence-electron chi connectivity index (χ0n) is 5.07. The molecule has 0 aromatic heterocycles. The van der Waals surface area contributed by atoms with Crippen LogP contribution in [0.1, 0.15) is 0 Å². The van der Waals surface area contributed by atoms with Crippen molar-refractivity contribution in [2.75, 3.05) is 0 Å². The summed E-state index contributed by atoms with van der Waals surface area (Å²) in [5.41, 5.74) is 0. The summed E-state index contributed by atoms with van der Waals surface area (Å²) in [6.45, 7) is 0. The minimum absolute atomic E-state index is 0.0314. The molecule has 0 aliphatic heterocycles. The second-order valence-corrected chi connectivity index (χ2v) is 3.00. The number of hydrogen-bond donors (Lipinski definition) is 1. The minimum Gasteiger partial charge on any atom is -0.869 e. The van der Waals surface area contributed by atoms with E-state index < -0.39 is 11.5 Å². The molecular formula is C6H2Cl3O2-. The average Bonchev–Trinajstić information content (AvgIpc) is 1.97. The normalized spacial score (nSPS) is 10.1. The molecule has 1 aromatic carbocycles. The second-order valence-electron chi connectivity index (χ2n) is 1.83. The lowest BCUT2D eigenvalue weighted by atomic mass is 10.3. The maximum atomic E-state index is 10.8. The molecule has 0 saturated heterocycles. The summed E-state index contributed by atoms with van der Waals surface area (Å²) in [5.74, 6) is -1.20. The van der Waals surface area contributed by atoms with E-state index in [1.165, 1.54) is 0 Å². The van der Waals surface area contributed by atoms with Crippen LogP contribution >= 0.6 is 34.8 Å². The van der Waals surface area contributed by atoms with Crippen LogP contribution < -0.4 is 5.11 Å². The van der Waals surface area contributed by atoms with E-state index in [0.29, 0.717) is 0 Å². The standard InChI is InChI=1S/C6H3Cl3O2/c7-2-1-3(10)6(11)5(9)4(2)8/h1,10-11H/p-1. The zero-order valence-corrected chi connectivity index (χ0v) is 7.33. The lowest BCUT2D eigenvalue weighted by Gasteiger charge is -2.12. The molecule has 1 N–H and O–H groups in total. The minimum atomic E-state index is -0.707. The van der Waals surface area contributed by atoms with Crippen molar-refractivity contribution in [1.29, 1.82) is 0 Å². The van der Waals surface area contributed by atoms with Crippen LogP contribution in [0.25, 0.3) is 0 Å². The van der Waals surface area contributed by atoms with E-state index in [1.807, 2.05) is 0 Å². The fourth-order valence-corrected chi connectivity index (χ4v) is 1.15. The summed E-state index contributed by atoms with van der Waals surface area (Å²) >= 11 is 16.4. The van der Waals surface area contributed by atoms with Crippen molar-refractivity contribution in [1.82, 2.24) is 0 Å². The van der Waals surface area contributed by atoms with Gasteiger partial charge in [0, 0.05) is 0 Å². The van der Waals surface area contributed by atoms with Gasteiger partial charge in [-0.3, -0.25) is 0 Å². The zero-order chi connectivity index (χ0) is 8.59. The number of benzene rings is 1. The predicted molar refractivity (Wildman–Crippen MR) is 42.6 cm³/mol. The molecule has 1 rings (SSSR count). The highest BCUT2D eigenvalue weighted by atomic mass is 35.5. The van der Waals surface area contributed by atoms with E-state index in [2.05, 4.69) is 0 Å². The van der Waals surface area contributed by atoms with Gasteiger partial charge < -0.3 is 10.2 Å². The molecule has 0 aliphatic carbocycles. The third kappa shape index (κ3) is 1.48. The van der Waals surface area contributed by atoms with Gasteiger partial charge in [-0.2, -0.15) is 0 Å². The van der Waals surface area contributed by atoms with E-state index in [0.717, 1.165) is 6.07 Å². The summed E-state index contributed by atoms with van der Waals surface area (Å²) < 4.78 is 0. The summed E-state index contributed by atoms with van der Waals surface area (Å²) in [5, 5.41) is 19.5. The van der Waals surface area contributed by atoms with E-state index in [1.54, 1.807) is 0 Å². The molecule has 0 radical (unpaired) electrons. The van der Waals surface area contributed by atoms with Crippen LogP contribution in [0.5, 0.6) is 11.5 Å². The molecular weight excluding hydrogens is 210 g/mol. The van der Waals surface area contributed by atoms with Crippen molar-refractivity contribution in [3.05, 3.63) is 21.1 Å². The monoisotopic (exact) mass is 211 g/mol. The largest absolute Gasteiger partial charge is 0.869 e. The Kier molecular flexibility index (Phi) is 2.37. The first-order chi connectivity index (χ1) is 5.04. The van der Waals surface area contributed by atoms with Gasteiger partial charge in [-0.25, -0.2) is 0 Å². The molecule has 0 saturated carbocycles. The maximum absolute atomic E-state index is 10.8. The molecule has 0 aliphatic rings. The van der Waals surface area contributed by atoms with Gasteiger partial charge in [0.15, 0.2) is 0 Å². The highest BCUT2D eigenvalue weighted by Crippen LogP contribution is 2.40. The molecule has 60 valence electrons. The fraction of sp³-hybridized carbons (Fsp3) is 0. The Bertz CT molecular complexity index is 272. The molecule has 1 aromatic rings. The molecule has 0 heterocycles. The Hall–Kier alpha value is -0.310. The van der Waals surface area contributed by atoms with Gasteiger partial charge in [0.2, 0.25) is 0 Å². The average molecular weight is 212 g/mol. The number of phenols is 1. The van der Waals surface area contributed by atoms with E-state index >= 15 is 0 Å². The lowest BCUT2D eigenvalue weighted by Crippen LogP contribution is -1.91. The van der Waals surface area contributed by atoms with Crippen molar-refractivity contribution in [3.63, 3.8) is 0 Å². The number of halogens is 3. The Balaban J connectivity index is 3.46. The summed E-state index contributed by atoms with van der Waals surface area (Å²) in [4.78, 5) is 0. The van der Waals surface area contributed by atoms with Crippen LogP contribution in [0.15, 0.2) is 6.07 Å². The van der Waals surface area contributed by atoms with Gasteiger partial charge in [-0.1, -0.05) is 34.8 Å². The van der Waals surface area contributed by atoms with Crippen molar-refractivity contribution >= 4 is 34.8 Å². The number of phenolic OH excluding ortho intramolecular Hbond substituents is 1. The quantitative estimate of drug-likeness (QED) is 0.671. The van der Waals surface area contributed by atoms with Crippen LogP contribution in [0.3, 0.4) is 0 Å². The summed E-state index contributed by atoms with van der Waals surface area (Å²) in [7, 11) is 0. The first-order valence-electron chi connectivity index (χ1n) is 2.57. The van der Waals surface area contributed by atoms with Gasteiger partial charge in [-0.15, -0.1) is 0 Å². The lowest BCUT2D eigenvalue weighted by molar-refractivity contribution is -0.270. The summed E-state index contributed by atoms with van der Waals surface area (Å²) in [6.07, 6.45) is 0. The Morgan fingerprint density at radius 2 is 1.73 bits per heavy atom. The molecule has 0 bridgehead atoms. The fourth-order valence-electron chi connectivity index (χ4n) is 0.566. The highest BCUT2D eigenvalue weighted by Gasteiger charge is 2.06. The van der Waals surface area contributed by atoms with Crippen LogP contribution in [0, 0.1) is 0 Å². The molecule has 5 heteroatoms. The van der Waals surface area contributed by atoms with Gasteiger partial charge in [0.05, 0.1) is 15.1 Å². The van der Waals surface area contributed by atoms with Crippen LogP contribution in [-0.2, 0) is 0 Å². The predicted octanol–water partition coefficient (Wildman–Crippen LogP) is 2.43. The van der Waals surface area contributed by atoms with Crippen LogP contribution in [0.4, 0.5) is 0 Å². The van der Waals surface area contributed by atoms with E-state index in [9.17, 15) is 5.11 Å². The van der Waals surface area contributed by atoms with Crippen LogP contribution in [-0.4, -0.2) is 5.11 Å². The molecule has 0 amide bonds. The van der Waals surface area contributed by atoms with Gasteiger partial charge >= 0.3 is 0 Å². The molecule has 11 heavy (non-hydrogen) atoms. The first kappa shape index (κ1) is 8.78. The van der Waals surface area contributed by atoms with Crippen molar-refractivity contribution in [2.45, 2.75) is 0 Å². The Morgan fingerprint density at radius 1 is 1.18 bits per heavy atom. The molecule has 2 nitrogen and oxygen atoms in total. The highest BCUT2D eigenvalue weighted by molar-refractivity contribution is 6.48. The number of rotatable bonds is 0. The molecule has 0 atom stereocenters. The van der Waals surface area contributed by atoms with Gasteiger partial charge in [0.25, 0.3) is 0 Å². The van der Waals surface area contributed by atoms with Crippen molar-refractivity contribution < 1.29 is 10.2 Å². The Morgan fingerprint density at radius 3 is 2.27 bits per heavy atom.